The van der Waals surface area contributed by atoms with Crippen LogP contribution in [0, 0.1) is 11.8 Å². The molecule has 0 aromatic rings. The molecule has 1 aliphatic carbocycles. The molecule has 0 aromatic carbocycles. The molecule has 0 saturated heterocycles. The standard InChI is InChI=1S/C15H23N/c1-4-15-14(7-6-10-16(15)5-2)11-13-9-8-12(13)3/h4,6,10-13H,5,7-9H2,1-3H3/b14-11-,15-4+. The molecule has 0 amide bonds. The van der Waals surface area contributed by atoms with Crippen molar-refractivity contribution in [2.75, 3.05) is 6.54 Å². The van der Waals surface area contributed by atoms with Gasteiger partial charge in [-0.1, -0.05) is 25.2 Å². The normalized spacial score (nSPS) is 34.6. The van der Waals surface area contributed by atoms with E-state index in [2.05, 4.69) is 50.1 Å². The van der Waals surface area contributed by atoms with E-state index in [1.807, 2.05) is 0 Å². The van der Waals surface area contributed by atoms with Crippen LogP contribution >= 0.6 is 0 Å². The van der Waals surface area contributed by atoms with E-state index in [1.54, 1.807) is 0 Å². The van der Waals surface area contributed by atoms with Gasteiger partial charge in [0, 0.05) is 18.4 Å². The van der Waals surface area contributed by atoms with Gasteiger partial charge in [0.2, 0.25) is 0 Å². The van der Waals surface area contributed by atoms with Crippen molar-refractivity contribution in [3.63, 3.8) is 0 Å². The van der Waals surface area contributed by atoms with Gasteiger partial charge in [0.1, 0.15) is 0 Å². The minimum atomic E-state index is 0.829. The highest BCUT2D eigenvalue weighted by atomic mass is 15.1. The quantitative estimate of drug-likeness (QED) is 0.673. The zero-order valence-corrected chi connectivity index (χ0v) is 10.7. The highest BCUT2D eigenvalue weighted by Gasteiger charge is 2.26. The van der Waals surface area contributed by atoms with Crippen LogP contribution in [0.2, 0.25) is 0 Å². The van der Waals surface area contributed by atoms with Crippen molar-refractivity contribution in [1.29, 1.82) is 0 Å². The molecule has 1 saturated carbocycles. The first kappa shape index (κ1) is 11.5. The molecule has 1 heterocycles. The van der Waals surface area contributed by atoms with Crippen LogP contribution in [-0.2, 0) is 0 Å². The van der Waals surface area contributed by atoms with Gasteiger partial charge in [0.15, 0.2) is 0 Å². The lowest BCUT2D eigenvalue weighted by molar-refractivity contribution is 0.249. The van der Waals surface area contributed by atoms with Crippen molar-refractivity contribution < 1.29 is 0 Å². The van der Waals surface area contributed by atoms with E-state index in [1.165, 1.54) is 24.1 Å². The van der Waals surface area contributed by atoms with E-state index in [9.17, 15) is 0 Å². The van der Waals surface area contributed by atoms with Crippen LogP contribution < -0.4 is 0 Å². The second kappa shape index (κ2) is 4.90. The summed E-state index contributed by atoms with van der Waals surface area (Å²) < 4.78 is 0. The van der Waals surface area contributed by atoms with Crippen molar-refractivity contribution in [2.45, 2.75) is 40.0 Å². The Balaban J connectivity index is 2.17. The number of allylic oxidation sites excluding steroid dienone is 4. The summed E-state index contributed by atoms with van der Waals surface area (Å²) in [6.45, 7) is 7.79. The Kier molecular flexibility index (Phi) is 3.52. The first-order chi connectivity index (χ1) is 7.76. The van der Waals surface area contributed by atoms with E-state index in [0.29, 0.717) is 0 Å². The van der Waals surface area contributed by atoms with Gasteiger partial charge in [0.05, 0.1) is 0 Å². The highest BCUT2D eigenvalue weighted by Crippen LogP contribution is 2.37. The molecular weight excluding hydrogens is 194 g/mol. The topological polar surface area (TPSA) is 3.24 Å². The van der Waals surface area contributed by atoms with Gasteiger partial charge in [-0.3, -0.25) is 0 Å². The maximum atomic E-state index is 2.52. The molecule has 88 valence electrons. The van der Waals surface area contributed by atoms with Crippen LogP contribution in [-0.4, -0.2) is 11.4 Å². The first-order valence-electron chi connectivity index (χ1n) is 6.57. The Morgan fingerprint density at radius 1 is 1.44 bits per heavy atom. The van der Waals surface area contributed by atoms with E-state index in [-0.39, 0.29) is 0 Å². The second-order valence-electron chi connectivity index (χ2n) is 4.96. The van der Waals surface area contributed by atoms with Gasteiger partial charge in [-0.15, -0.1) is 0 Å². The lowest BCUT2D eigenvalue weighted by Crippen LogP contribution is -2.24. The molecule has 0 spiro atoms. The van der Waals surface area contributed by atoms with Gasteiger partial charge in [-0.2, -0.15) is 0 Å². The predicted molar refractivity (Wildman–Crippen MR) is 69.9 cm³/mol. The summed E-state index contributed by atoms with van der Waals surface area (Å²) in [5, 5.41) is 0. The maximum absolute atomic E-state index is 2.52. The van der Waals surface area contributed by atoms with Crippen LogP contribution in [0.5, 0.6) is 0 Å². The Morgan fingerprint density at radius 3 is 2.75 bits per heavy atom. The third kappa shape index (κ3) is 2.09. The number of nitrogens with zero attached hydrogens (tertiary/aromatic N) is 1. The molecular formula is C15H23N. The molecule has 16 heavy (non-hydrogen) atoms. The maximum Gasteiger partial charge on any atom is 0.0395 e. The number of hydrogen-bond donors (Lipinski definition) is 0. The number of rotatable bonds is 2. The lowest BCUT2D eigenvalue weighted by atomic mass is 9.73. The zero-order chi connectivity index (χ0) is 11.5. The van der Waals surface area contributed by atoms with Crippen molar-refractivity contribution >= 4 is 0 Å². The third-order valence-corrected chi connectivity index (χ3v) is 3.98. The van der Waals surface area contributed by atoms with Gasteiger partial charge in [0.25, 0.3) is 0 Å². The molecule has 1 fully saturated rings. The van der Waals surface area contributed by atoms with E-state index < -0.39 is 0 Å². The second-order valence-corrected chi connectivity index (χ2v) is 4.96. The fourth-order valence-corrected chi connectivity index (χ4v) is 2.66. The summed E-state index contributed by atoms with van der Waals surface area (Å²) >= 11 is 0. The first-order valence-corrected chi connectivity index (χ1v) is 6.57. The molecule has 2 rings (SSSR count). The molecule has 0 bridgehead atoms. The zero-order valence-electron chi connectivity index (χ0n) is 10.7. The molecule has 0 N–H and O–H groups in total. The summed E-state index contributed by atoms with van der Waals surface area (Å²) in [6, 6.07) is 0. The summed E-state index contributed by atoms with van der Waals surface area (Å²) in [4.78, 5) is 2.35. The van der Waals surface area contributed by atoms with Gasteiger partial charge in [-0.05, 0) is 50.5 Å². The Morgan fingerprint density at radius 2 is 2.25 bits per heavy atom. The molecule has 1 aliphatic heterocycles. The lowest BCUT2D eigenvalue weighted by Gasteiger charge is -2.34. The largest absolute Gasteiger partial charge is 0.349 e. The molecule has 0 radical (unpaired) electrons. The van der Waals surface area contributed by atoms with Crippen molar-refractivity contribution in [1.82, 2.24) is 4.90 Å². The number of likely N-dealkylation sites (N-methyl/N-ethyl adjacent to an activating group) is 1. The fraction of sp³-hybridized carbons (Fsp3) is 0.600. The van der Waals surface area contributed by atoms with E-state index in [0.717, 1.165) is 24.8 Å². The Hall–Kier alpha value is -0.980. The average molecular weight is 217 g/mol. The van der Waals surface area contributed by atoms with E-state index >= 15 is 0 Å². The fourth-order valence-electron chi connectivity index (χ4n) is 2.66. The Bertz CT molecular complexity index is 335. The van der Waals surface area contributed by atoms with Crippen LogP contribution in [0.1, 0.15) is 40.0 Å². The predicted octanol–water partition coefficient (Wildman–Crippen LogP) is 4.10. The SMILES string of the molecule is C/C=C1\C(=C/C2CCC2C)CC=CN1CC. The summed E-state index contributed by atoms with van der Waals surface area (Å²) in [6.07, 6.45) is 13.2. The summed E-state index contributed by atoms with van der Waals surface area (Å²) in [7, 11) is 0. The average Bonchev–Trinajstić information content (AvgIpc) is 2.33. The molecule has 2 unspecified atom stereocenters. The minimum absolute atomic E-state index is 0.829. The highest BCUT2D eigenvalue weighted by molar-refractivity contribution is 5.36. The molecule has 1 nitrogen and oxygen atoms in total. The van der Waals surface area contributed by atoms with Crippen LogP contribution in [0.25, 0.3) is 0 Å². The molecule has 2 aliphatic rings. The third-order valence-electron chi connectivity index (χ3n) is 3.98. The van der Waals surface area contributed by atoms with Crippen LogP contribution in [0.4, 0.5) is 0 Å². The van der Waals surface area contributed by atoms with Crippen molar-refractivity contribution in [3.8, 4) is 0 Å². The number of hydrogen-bond acceptors (Lipinski definition) is 1. The smallest absolute Gasteiger partial charge is 0.0395 e. The van der Waals surface area contributed by atoms with Gasteiger partial charge in [-0.25, -0.2) is 0 Å². The molecule has 0 aromatic heterocycles. The molecule has 2 atom stereocenters. The molecule has 1 heteroatoms. The summed E-state index contributed by atoms with van der Waals surface area (Å²) in [5.41, 5.74) is 2.95. The van der Waals surface area contributed by atoms with E-state index in [4.69, 9.17) is 0 Å². The van der Waals surface area contributed by atoms with Crippen molar-refractivity contribution in [3.05, 3.63) is 35.7 Å². The van der Waals surface area contributed by atoms with Gasteiger partial charge >= 0.3 is 0 Å². The van der Waals surface area contributed by atoms with Gasteiger partial charge < -0.3 is 4.90 Å². The Labute approximate surface area is 99.5 Å². The van der Waals surface area contributed by atoms with Crippen LogP contribution in [0.3, 0.4) is 0 Å². The van der Waals surface area contributed by atoms with Crippen molar-refractivity contribution in [2.24, 2.45) is 11.8 Å². The van der Waals surface area contributed by atoms with Crippen LogP contribution in [0.15, 0.2) is 35.7 Å². The monoisotopic (exact) mass is 217 g/mol. The summed E-state index contributed by atoms with van der Waals surface area (Å²) in [5.74, 6) is 1.72. The minimum Gasteiger partial charge on any atom is -0.349 e.